The third-order valence-electron chi connectivity index (χ3n) is 2.57. The highest BCUT2D eigenvalue weighted by Gasteiger charge is 2.27. The van der Waals surface area contributed by atoms with Gasteiger partial charge in [0, 0.05) is 12.3 Å². The fourth-order valence-electron chi connectivity index (χ4n) is 1.62. The summed E-state index contributed by atoms with van der Waals surface area (Å²) >= 11 is 0. The number of aromatic nitrogens is 1. The van der Waals surface area contributed by atoms with Gasteiger partial charge in [-0.05, 0) is 6.42 Å². The summed E-state index contributed by atoms with van der Waals surface area (Å²) in [5, 5.41) is 5.21. The van der Waals surface area contributed by atoms with E-state index in [2.05, 4.69) is 15.6 Å². The van der Waals surface area contributed by atoms with Crippen LogP contribution >= 0.6 is 0 Å². The van der Waals surface area contributed by atoms with Crippen LogP contribution in [-0.4, -0.2) is 22.8 Å². The number of rotatable bonds is 3. The Morgan fingerprint density at radius 1 is 1.53 bits per heavy atom. The first-order valence-corrected chi connectivity index (χ1v) is 5.62. The standard InChI is InChI=1S/C11H15N3O3/c1-6(2)11-12-5-9(17-11)13-7-3-4-8(15)14-10(7)16/h5-7,13H,3-4H2,1-2H3,(H,14,15,16). The molecule has 17 heavy (non-hydrogen) atoms. The Bertz CT molecular complexity index is 439. The summed E-state index contributed by atoms with van der Waals surface area (Å²) in [4.78, 5) is 26.6. The van der Waals surface area contributed by atoms with E-state index in [1.54, 1.807) is 6.20 Å². The van der Waals surface area contributed by atoms with Gasteiger partial charge in [-0.25, -0.2) is 4.98 Å². The number of carbonyl (C=O) groups is 2. The first kappa shape index (κ1) is 11.6. The third kappa shape index (κ3) is 2.64. The van der Waals surface area contributed by atoms with Crippen LogP contribution in [0.25, 0.3) is 0 Å². The first-order chi connectivity index (χ1) is 8.06. The summed E-state index contributed by atoms with van der Waals surface area (Å²) in [7, 11) is 0. The number of piperidine rings is 1. The number of hydrogen-bond acceptors (Lipinski definition) is 5. The lowest BCUT2D eigenvalue weighted by Crippen LogP contribution is -2.47. The Hall–Kier alpha value is -1.85. The molecule has 1 fully saturated rings. The van der Waals surface area contributed by atoms with Crippen molar-refractivity contribution in [3.63, 3.8) is 0 Å². The third-order valence-corrected chi connectivity index (χ3v) is 2.57. The molecular weight excluding hydrogens is 222 g/mol. The zero-order valence-electron chi connectivity index (χ0n) is 9.82. The van der Waals surface area contributed by atoms with Crippen LogP contribution in [0, 0.1) is 0 Å². The molecule has 1 aliphatic heterocycles. The van der Waals surface area contributed by atoms with E-state index in [0.29, 0.717) is 24.6 Å². The van der Waals surface area contributed by atoms with Gasteiger partial charge in [0.2, 0.25) is 17.7 Å². The predicted molar refractivity (Wildman–Crippen MR) is 60.4 cm³/mol. The Morgan fingerprint density at radius 3 is 2.88 bits per heavy atom. The summed E-state index contributed by atoms with van der Waals surface area (Å²) in [6.07, 6.45) is 2.37. The van der Waals surface area contributed by atoms with Crippen LogP contribution in [-0.2, 0) is 9.59 Å². The SMILES string of the molecule is CC(C)c1ncc(NC2CCC(=O)NC2=O)o1. The Morgan fingerprint density at radius 2 is 2.29 bits per heavy atom. The summed E-state index contributed by atoms with van der Waals surface area (Å²) in [5.41, 5.74) is 0. The number of oxazole rings is 1. The highest BCUT2D eigenvalue weighted by atomic mass is 16.4. The summed E-state index contributed by atoms with van der Waals surface area (Å²) in [6, 6.07) is -0.430. The zero-order chi connectivity index (χ0) is 12.4. The van der Waals surface area contributed by atoms with Crippen LogP contribution in [0.3, 0.4) is 0 Å². The molecule has 2 heterocycles. The average Bonchev–Trinajstić information content (AvgIpc) is 2.71. The van der Waals surface area contributed by atoms with Crippen molar-refractivity contribution in [2.75, 3.05) is 5.32 Å². The first-order valence-electron chi connectivity index (χ1n) is 5.62. The molecule has 6 heteroatoms. The van der Waals surface area contributed by atoms with Gasteiger partial charge in [-0.3, -0.25) is 14.9 Å². The van der Waals surface area contributed by atoms with Crippen molar-refractivity contribution in [2.45, 2.75) is 38.6 Å². The Balaban J connectivity index is 2.00. The van der Waals surface area contributed by atoms with Crippen LogP contribution in [0.15, 0.2) is 10.6 Å². The van der Waals surface area contributed by atoms with Gasteiger partial charge >= 0.3 is 0 Å². The number of amides is 2. The molecule has 0 aromatic carbocycles. The van der Waals surface area contributed by atoms with E-state index in [4.69, 9.17) is 4.42 Å². The normalized spacial score (nSPS) is 20.5. The molecule has 2 rings (SSSR count). The minimum Gasteiger partial charge on any atom is -0.425 e. The topological polar surface area (TPSA) is 84.2 Å². The molecule has 1 aliphatic rings. The molecular formula is C11H15N3O3. The number of anilines is 1. The minimum atomic E-state index is -0.430. The van der Waals surface area contributed by atoms with Gasteiger partial charge in [0.15, 0.2) is 5.89 Å². The lowest BCUT2D eigenvalue weighted by molar-refractivity contribution is -0.133. The molecule has 1 unspecified atom stereocenters. The van der Waals surface area contributed by atoms with Crippen molar-refractivity contribution in [2.24, 2.45) is 0 Å². The molecule has 0 bridgehead atoms. The molecule has 0 spiro atoms. The maximum atomic E-state index is 11.5. The van der Waals surface area contributed by atoms with Gasteiger partial charge in [0.25, 0.3) is 0 Å². The van der Waals surface area contributed by atoms with Gasteiger partial charge in [-0.15, -0.1) is 0 Å². The summed E-state index contributed by atoms with van der Waals surface area (Å²) < 4.78 is 5.44. The minimum absolute atomic E-state index is 0.201. The van der Waals surface area contributed by atoms with Crippen molar-refractivity contribution in [1.82, 2.24) is 10.3 Å². The van der Waals surface area contributed by atoms with Gasteiger partial charge in [0.05, 0.1) is 6.20 Å². The number of carbonyl (C=O) groups excluding carboxylic acids is 2. The average molecular weight is 237 g/mol. The van der Waals surface area contributed by atoms with E-state index in [0.717, 1.165) is 0 Å². The van der Waals surface area contributed by atoms with Crippen LogP contribution in [0.2, 0.25) is 0 Å². The van der Waals surface area contributed by atoms with Crippen LogP contribution in [0.5, 0.6) is 0 Å². The van der Waals surface area contributed by atoms with E-state index in [9.17, 15) is 9.59 Å². The van der Waals surface area contributed by atoms with Crippen molar-refractivity contribution < 1.29 is 14.0 Å². The molecule has 0 radical (unpaired) electrons. The highest BCUT2D eigenvalue weighted by Crippen LogP contribution is 2.19. The van der Waals surface area contributed by atoms with E-state index in [-0.39, 0.29) is 17.7 Å². The Labute approximate surface area is 98.8 Å². The van der Waals surface area contributed by atoms with Gasteiger partial charge in [0.1, 0.15) is 6.04 Å². The molecule has 1 aromatic rings. The van der Waals surface area contributed by atoms with E-state index < -0.39 is 6.04 Å². The van der Waals surface area contributed by atoms with Crippen molar-refractivity contribution in [1.29, 1.82) is 0 Å². The number of hydrogen-bond donors (Lipinski definition) is 2. The monoisotopic (exact) mass is 237 g/mol. The molecule has 0 saturated carbocycles. The molecule has 1 saturated heterocycles. The zero-order valence-corrected chi connectivity index (χ0v) is 9.82. The Kier molecular flexibility index (Phi) is 3.12. The largest absolute Gasteiger partial charge is 0.425 e. The van der Waals surface area contributed by atoms with Gasteiger partial charge in [-0.2, -0.15) is 0 Å². The molecule has 6 nitrogen and oxygen atoms in total. The quantitative estimate of drug-likeness (QED) is 0.766. The lowest BCUT2D eigenvalue weighted by Gasteiger charge is -2.21. The molecule has 1 aromatic heterocycles. The summed E-state index contributed by atoms with van der Waals surface area (Å²) in [5.74, 6) is 0.743. The summed E-state index contributed by atoms with van der Waals surface area (Å²) in [6.45, 7) is 3.95. The van der Waals surface area contributed by atoms with E-state index in [1.807, 2.05) is 13.8 Å². The van der Waals surface area contributed by atoms with Gasteiger partial charge < -0.3 is 9.73 Å². The lowest BCUT2D eigenvalue weighted by atomic mass is 10.1. The van der Waals surface area contributed by atoms with Crippen LogP contribution in [0.4, 0.5) is 5.88 Å². The fraction of sp³-hybridized carbons (Fsp3) is 0.545. The van der Waals surface area contributed by atoms with E-state index in [1.165, 1.54) is 0 Å². The maximum Gasteiger partial charge on any atom is 0.249 e. The molecule has 2 amide bonds. The molecule has 0 aliphatic carbocycles. The fourth-order valence-corrected chi connectivity index (χ4v) is 1.62. The predicted octanol–water partition coefficient (Wildman–Crippen LogP) is 1.02. The number of nitrogens with one attached hydrogen (secondary N) is 2. The molecule has 92 valence electrons. The molecule has 1 atom stereocenters. The second kappa shape index (κ2) is 4.57. The highest BCUT2D eigenvalue weighted by molar-refractivity contribution is 6.01. The second-order valence-corrected chi connectivity index (χ2v) is 4.37. The maximum absolute atomic E-state index is 11.5. The van der Waals surface area contributed by atoms with Crippen LogP contribution in [0.1, 0.15) is 38.5 Å². The van der Waals surface area contributed by atoms with Gasteiger partial charge in [-0.1, -0.05) is 13.8 Å². The van der Waals surface area contributed by atoms with Crippen molar-refractivity contribution in [3.05, 3.63) is 12.1 Å². The second-order valence-electron chi connectivity index (χ2n) is 4.37. The smallest absolute Gasteiger partial charge is 0.249 e. The van der Waals surface area contributed by atoms with E-state index >= 15 is 0 Å². The van der Waals surface area contributed by atoms with Crippen LogP contribution < -0.4 is 10.6 Å². The number of nitrogens with zero attached hydrogens (tertiary/aromatic N) is 1. The van der Waals surface area contributed by atoms with Crippen molar-refractivity contribution >= 4 is 17.7 Å². The van der Waals surface area contributed by atoms with Crippen molar-refractivity contribution in [3.8, 4) is 0 Å². The number of imide groups is 1. The molecule has 2 N–H and O–H groups in total.